The van der Waals surface area contributed by atoms with E-state index >= 15 is 0 Å². The lowest BCUT2D eigenvalue weighted by molar-refractivity contribution is -0.150. The van der Waals surface area contributed by atoms with E-state index in [-0.39, 0.29) is 23.6 Å². The summed E-state index contributed by atoms with van der Waals surface area (Å²) in [5.74, 6) is 0.117. The van der Waals surface area contributed by atoms with Crippen LogP contribution in [0.5, 0.6) is 5.75 Å². The van der Waals surface area contributed by atoms with E-state index in [4.69, 9.17) is 9.47 Å². The van der Waals surface area contributed by atoms with Gasteiger partial charge in [0.2, 0.25) is 10.0 Å². The van der Waals surface area contributed by atoms with Crippen molar-refractivity contribution in [3.05, 3.63) is 23.8 Å². The van der Waals surface area contributed by atoms with Crippen molar-refractivity contribution in [1.29, 1.82) is 0 Å². The quantitative estimate of drug-likeness (QED) is 0.796. The van der Waals surface area contributed by atoms with Gasteiger partial charge in [0, 0.05) is 31.6 Å². The van der Waals surface area contributed by atoms with Crippen LogP contribution < -0.4 is 10.1 Å². The molecule has 2 aliphatic heterocycles. The molecule has 2 aliphatic rings. The van der Waals surface area contributed by atoms with Crippen molar-refractivity contribution in [2.24, 2.45) is 0 Å². The molecule has 8 heteroatoms. The van der Waals surface area contributed by atoms with Crippen LogP contribution in [0.3, 0.4) is 0 Å². The van der Waals surface area contributed by atoms with Crippen LogP contribution in [0, 0.1) is 0 Å². The van der Waals surface area contributed by atoms with E-state index in [2.05, 4.69) is 5.32 Å². The molecule has 1 aromatic rings. The lowest BCUT2D eigenvalue weighted by Crippen LogP contribution is -2.57. The molecule has 0 amide bonds. The number of hydrogen-bond acceptors (Lipinski definition) is 6. The van der Waals surface area contributed by atoms with Gasteiger partial charge in [0.25, 0.3) is 0 Å². The molecule has 0 radical (unpaired) electrons. The van der Waals surface area contributed by atoms with Gasteiger partial charge in [-0.1, -0.05) is 0 Å². The molecule has 1 fully saturated rings. The third kappa shape index (κ3) is 3.38. The van der Waals surface area contributed by atoms with E-state index in [0.717, 1.165) is 5.56 Å². The van der Waals surface area contributed by atoms with Crippen molar-refractivity contribution in [2.75, 3.05) is 19.7 Å². The molecular weight excluding hydrogens is 344 g/mol. The van der Waals surface area contributed by atoms with Gasteiger partial charge in [-0.3, -0.25) is 0 Å². The largest absolute Gasteiger partial charge is 0.478 e. The van der Waals surface area contributed by atoms with Gasteiger partial charge in [-0.15, -0.1) is 0 Å². The third-order valence-corrected chi connectivity index (χ3v) is 6.82. The number of hydrogen-bond donors (Lipinski definition) is 1. The Labute approximate surface area is 148 Å². The number of benzene rings is 1. The minimum atomic E-state index is -3.59. The molecule has 7 nitrogen and oxygen atoms in total. The summed E-state index contributed by atoms with van der Waals surface area (Å²) >= 11 is 0. The molecule has 0 bridgehead atoms. The van der Waals surface area contributed by atoms with E-state index in [0.29, 0.717) is 25.3 Å². The van der Waals surface area contributed by atoms with Gasteiger partial charge in [-0.25, -0.2) is 13.2 Å². The second kappa shape index (κ2) is 6.93. The predicted octanol–water partition coefficient (Wildman–Crippen LogP) is 0.924. The Morgan fingerprint density at radius 2 is 2.16 bits per heavy atom. The number of sulfonamides is 1. The molecule has 1 saturated heterocycles. The second-order valence-corrected chi connectivity index (χ2v) is 8.32. The molecule has 0 spiro atoms. The molecule has 1 aromatic carbocycles. The first-order chi connectivity index (χ1) is 11.8. The first-order valence-corrected chi connectivity index (χ1v) is 10.00. The maximum Gasteiger partial charge on any atom is 0.347 e. The number of nitrogens with zero attached hydrogens (tertiary/aromatic N) is 1. The minimum Gasteiger partial charge on any atom is -0.478 e. The standard InChI is InChI=1S/C17H24N2O5S/c1-4-23-17(20)16-10-13-9-14(5-6-15(13)24-16)25(21,22)19-8-7-18-11(2)12(19)3/h5-6,9,11-12,16,18H,4,7-8,10H2,1-3H3. The highest BCUT2D eigenvalue weighted by Crippen LogP contribution is 2.33. The average molecular weight is 368 g/mol. The lowest BCUT2D eigenvalue weighted by Gasteiger charge is -2.37. The van der Waals surface area contributed by atoms with Gasteiger partial charge < -0.3 is 14.8 Å². The number of ether oxygens (including phenoxy) is 2. The summed E-state index contributed by atoms with van der Waals surface area (Å²) in [6, 6.07) is 4.74. The molecule has 138 valence electrons. The van der Waals surface area contributed by atoms with Crippen LogP contribution in [0.4, 0.5) is 0 Å². The molecule has 3 unspecified atom stereocenters. The summed E-state index contributed by atoms with van der Waals surface area (Å²) in [6.45, 7) is 6.97. The second-order valence-electron chi connectivity index (χ2n) is 6.43. The van der Waals surface area contributed by atoms with E-state index in [9.17, 15) is 13.2 Å². The van der Waals surface area contributed by atoms with Gasteiger partial charge in [-0.2, -0.15) is 4.31 Å². The van der Waals surface area contributed by atoms with Gasteiger partial charge in [-0.05, 0) is 44.5 Å². The number of carbonyl (C=O) groups is 1. The number of nitrogens with one attached hydrogen (secondary N) is 1. The van der Waals surface area contributed by atoms with Crippen molar-refractivity contribution >= 4 is 16.0 Å². The van der Waals surface area contributed by atoms with Crippen LogP contribution in [0.1, 0.15) is 26.3 Å². The molecule has 0 aliphatic carbocycles. The molecule has 2 heterocycles. The van der Waals surface area contributed by atoms with Gasteiger partial charge in [0.15, 0.2) is 6.10 Å². The van der Waals surface area contributed by atoms with Crippen LogP contribution >= 0.6 is 0 Å². The summed E-state index contributed by atoms with van der Waals surface area (Å²) < 4.78 is 38.1. The summed E-state index contributed by atoms with van der Waals surface area (Å²) in [5.41, 5.74) is 0.718. The number of carbonyl (C=O) groups excluding carboxylic acids is 1. The smallest absolute Gasteiger partial charge is 0.347 e. The zero-order valence-corrected chi connectivity index (χ0v) is 15.5. The minimum absolute atomic E-state index is 0.0921. The van der Waals surface area contributed by atoms with Crippen LogP contribution in [0.25, 0.3) is 0 Å². The maximum atomic E-state index is 13.0. The number of piperazine rings is 1. The molecule has 0 aromatic heterocycles. The first kappa shape index (κ1) is 18.2. The summed E-state index contributed by atoms with van der Waals surface area (Å²) in [7, 11) is -3.59. The Morgan fingerprint density at radius 3 is 2.88 bits per heavy atom. The van der Waals surface area contributed by atoms with Crippen LogP contribution in [0.2, 0.25) is 0 Å². The van der Waals surface area contributed by atoms with Crippen molar-refractivity contribution in [3.8, 4) is 5.75 Å². The fourth-order valence-electron chi connectivity index (χ4n) is 3.25. The van der Waals surface area contributed by atoms with Gasteiger partial charge in [0.1, 0.15) is 5.75 Å². The van der Waals surface area contributed by atoms with Crippen LogP contribution in [0.15, 0.2) is 23.1 Å². The summed E-state index contributed by atoms with van der Waals surface area (Å²) in [5, 5.41) is 3.28. The molecule has 1 N–H and O–H groups in total. The molecular formula is C17H24N2O5S. The average Bonchev–Trinajstić information content (AvgIpc) is 3.00. The normalized spacial score (nSPS) is 26.8. The van der Waals surface area contributed by atoms with Gasteiger partial charge >= 0.3 is 5.97 Å². The molecule has 3 rings (SSSR count). The number of fused-ring (bicyclic) bond motifs is 1. The van der Waals surface area contributed by atoms with Crippen LogP contribution in [-0.4, -0.2) is 56.6 Å². The summed E-state index contributed by atoms with van der Waals surface area (Å²) in [4.78, 5) is 12.1. The highest BCUT2D eigenvalue weighted by Gasteiger charge is 2.36. The molecule has 25 heavy (non-hydrogen) atoms. The fourth-order valence-corrected chi connectivity index (χ4v) is 5.01. The van der Waals surface area contributed by atoms with Crippen molar-refractivity contribution in [1.82, 2.24) is 9.62 Å². The van der Waals surface area contributed by atoms with E-state index in [1.54, 1.807) is 25.1 Å². The van der Waals surface area contributed by atoms with Crippen molar-refractivity contribution in [3.63, 3.8) is 0 Å². The highest BCUT2D eigenvalue weighted by atomic mass is 32.2. The zero-order valence-electron chi connectivity index (χ0n) is 14.7. The van der Waals surface area contributed by atoms with E-state index in [1.165, 1.54) is 4.31 Å². The summed E-state index contributed by atoms with van der Waals surface area (Å²) in [6.07, 6.45) is -0.378. The van der Waals surface area contributed by atoms with E-state index in [1.807, 2.05) is 13.8 Å². The zero-order chi connectivity index (χ0) is 18.2. The molecule has 0 saturated carbocycles. The Kier molecular flexibility index (Phi) is 5.04. The lowest BCUT2D eigenvalue weighted by atomic mass is 10.1. The third-order valence-electron chi connectivity index (χ3n) is 4.84. The topological polar surface area (TPSA) is 84.9 Å². The maximum absolute atomic E-state index is 13.0. The predicted molar refractivity (Wildman–Crippen MR) is 92.0 cm³/mol. The fraction of sp³-hybridized carbons (Fsp3) is 0.588. The van der Waals surface area contributed by atoms with Crippen molar-refractivity contribution < 1.29 is 22.7 Å². The highest BCUT2D eigenvalue weighted by molar-refractivity contribution is 7.89. The SMILES string of the molecule is CCOC(=O)C1Cc2cc(S(=O)(=O)N3CCNC(C)C3C)ccc2O1. The number of esters is 1. The Bertz CT molecular complexity index is 764. The monoisotopic (exact) mass is 368 g/mol. The van der Waals surface area contributed by atoms with Gasteiger partial charge in [0.05, 0.1) is 11.5 Å². The Hall–Kier alpha value is -1.64. The van der Waals surface area contributed by atoms with E-state index < -0.39 is 22.1 Å². The molecule has 3 atom stereocenters. The Balaban J connectivity index is 1.84. The Morgan fingerprint density at radius 1 is 1.40 bits per heavy atom. The number of rotatable bonds is 4. The van der Waals surface area contributed by atoms with Crippen molar-refractivity contribution in [2.45, 2.75) is 50.3 Å². The van der Waals surface area contributed by atoms with Crippen LogP contribution in [-0.2, 0) is 26.0 Å². The first-order valence-electron chi connectivity index (χ1n) is 8.56.